The highest BCUT2D eigenvalue weighted by molar-refractivity contribution is 7.80. The van der Waals surface area contributed by atoms with Crippen LogP contribution >= 0.6 is 12.6 Å². The van der Waals surface area contributed by atoms with E-state index >= 15 is 0 Å². The monoisotopic (exact) mass is 416 g/mol. The van der Waals surface area contributed by atoms with Crippen molar-refractivity contribution >= 4 is 12.6 Å². The van der Waals surface area contributed by atoms with Crippen LogP contribution in [0.25, 0.3) is 0 Å². The molecule has 0 rings (SSSR count). The lowest BCUT2D eigenvalue weighted by molar-refractivity contribution is -0.00976. The number of thiol groups is 1. The van der Waals surface area contributed by atoms with Crippen molar-refractivity contribution in [3.63, 3.8) is 0 Å². The Morgan fingerprint density at radius 3 is 1.61 bits per heavy atom. The van der Waals surface area contributed by atoms with Gasteiger partial charge in [0.2, 0.25) is 0 Å². The molecule has 0 aromatic rings. The smallest absolute Gasteiger partial charge is 0.123 e. The van der Waals surface area contributed by atoms with Crippen LogP contribution in [-0.2, 0) is 4.74 Å². The van der Waals surface area contributed by atoms with Gasteiger partial charge in [-0.2, -0.15) is 0 Å². The summed E-state index contributed by atoms with van der Waals surface area (Å²) in [5, 5.41) is 9.90. The molecule has 0 aromatic carbocycles. The molecule has 3 heteroatoms. The number of ether oxygens (including phenoxy) is 1. The lowest BCUT2D eigenvalue weighted by Crippen LogP contribution is -2.25. The Kier molecular flexibility index (Phi) is 22.2. The number of hydrogen-bond acceptors (Lipinski definition) is 3. The molecule has 170 valence electrons. The van der Waals surface area contributed by atoms with Gasteiger partial charge in [-0.05, 0) is 25.2 Å². The highest BCUT2D eigenvalue weighted by atomic mass is 32.1. The fourth-order valence-electron chi connectivity index (χ4n) is 3.83. The first-order valence-electron chi connectivity index (χ1n) is 12.6. The molecule has 1 N–H and O–H groups in total. The third-order valence-electron chi connectivity index (χ3n) is 5.91. The number of rotatable bonds is 22. The van der Waals surface area contributed by atoms with E-state index in [-0.39, 0.29) is 6.10 Å². The van der Waals surface area contributed by atoms with Gasteiger partial charge in [-0.25, -0.2) is 0 Å². The van der Waals surface area contributed by atoms with E-state index in [0.717, 1.165) is 31.8 Å². The Bertz CT molecular complexity index is 296. The fraction of sp³-hybridized carbons (Fsp3) is 1.00. The molecular weight excluding hydrogens is 364 g/mol. The van der Waals surface area contributed by atoms with Crippen LogP contribution in [0, 0.1) is 5.92 Å². The average molecular weight is 417 g/mol. The third-order valence-corrected chi connectivity index (χ3v) is 6.24. The first kappa shape index (κ1) is 28.3. The van der Waals surface area contributed by atoms with Gasteiger partial charge in [0.15, 0.2) is 0 Å². The van der Waals surface area contributed by atoms with Crippen LogP contribution in [-0.4, -0.2) is 23.3 Å². The van der Waals surface area contributed by atoms with Crippen LogP contribution < -0.4 is 0 Å². The van der Waals surface area contributed by atoms with E-state index in [4.69, 9.17) is 4.74 Å². The molecule has 2 nitrogen and oxygen atoms in total. The minimum atomic E-state index is -0.653. The van der Waals surface area contributed by atoms with Crippen LogP contribution in [0.2, 0.25) is 0 Å². The predicted molar refractivity (Wildman–Crippen MR) is 128 cm³/mol. The van der Waals surface area contributed by atoms with E-state index in [9.17, 15) is 5.11 Å². The molecular formula is C25H52O2S. The Hall–Kier alpha value is 0.270. The van der Waals surface area contributed by atoms with Crippen molar-refractivity contribution in [3.8, 4) is 0 Å². The molecule has 0 aliphatic heterocycles. The molecule has 0 bridgehead atoms. The number of hydrogen-bond donors (Lipinski definition) is 2. The molecule has 28 heavy (non-hydrogen) atoms. The first-order valence-corrected chi connectivity index (χ1v) is 13.1. The van der Waals surface area contributed by atoms with Crippen LogP contribution in [0.4, 0.5) is 0 Å². The minimum absolute atomic E-state index is 0.107. The van der Waals surface area contributed by atoms with Gasteiger partial charge in [0, 0.05) is 6.61 Å². The number of aliphatic hydroxyl groups excluding tert-OH is 1. The van der Waals surface area contributed by atoms with Gasteiger partial charge in [0.25, 0.3) is 0 Å². The lowest BCUT2D eigenvalue weighted by atomic mass is 9.96. The SMILES string of the molecule is CCCCCCCCCCOC(CCC(C)CCCCCCCCC)C(O)S. The van der Waals surface area contributed by atoms with Gasteiger partial charge in [-0.15, -0.1) is 12.6 Å². The second-order valence-electron chi connectivity index (χ2n) is 8.89. The van der Waals surface area contributed by atoms with Crippen molar-refractivity contribution in [2.45, 2.75) is 148 Å². The van der Waals surface area contributed by atoms with Crippen molar-refractivity contribution < 1.29 is 9.84 Å². The molecule has 0 saturated heterocycles. The molecule has 0 heterocycles. The molecule has 0 amide bonds. The summed E-state index contributed by atoms with van der Waals surface area (Å²) in [6.07, 6.45) is 23.4. The van der Waals surface area contributed by atoms with E-state index in [2.05, 4.69) is 33.4 Å². The maximum absolute atomic E-state index is 9.90. The summed E-state index contributed by atoms with van der Waals surface area (Å²) in [6, 6.07) is 0. The van der Waals surface area contributed by atoms with Gasteiger partial charge in [-0.1, -0.05) is 117 Å². The topological polar surface area (TPSA) is 29.5 Å². The predicted octanol–water partition coefficient (Wildman–Crippen LogP) is 8.32. The molecule has 0 fully saturated rings. The van der Waals surface area contributed by atoms with Gasteiger partial charge < -0.3 is 9.84 Å². The molecule has 0 aliphatic rings. The molecule has 0 spiro atoms. The maximum atomic E-state index is 9.90. The minimum Gasteiger partial charge on any atom is -0.380 e. The van der Waals surface area contributed by atoms with E-state index in [1.54, 1.807) is 0 Å². The fourth-order valence-corrected chi connectivity index (χ4v) is 4.07. The molecule has 0 radical (unpaired) electrons. The summed E-state index contributed by atoms with van der Waals surface area (Å²) in [5.41, 5.74) is -0.653. The molecule has 0 saturated carbocycles. The zero-order valence-electron chi connectivity index (χ0n) is 19.5. The second kappa shape index (κ2) is 22.0. The summed E-state index contributed by atoms with van der Waals surface area (Å²) in [7, 11) is 0. The first-order chi connectivity index (χ1) is 13.6. The molecule has 0 aromatic heterocycles. The van der Waals surface area contributed by atoms with Crippen molar-refractivity contribution in [2.24, 2.45) is 5.92 Å². The van der Waals surface area contributed by atoms with Crippen molar-refractivity contribution in [1.29, 1.82) is 0 Å². The summed E-state index contributed by atoms with van der Waals surface area (Å²) in [4.78, 5) is 0. The van der Waals surface area contributed by atoms with Crippen LogP contribution in [0.3, 0.4) is 0 Å². The Morgan fingerprint density at radius 1 is 0.643 bits per heavy atom. The normalized spacial score (nSPS) is 14.9. The quantitative estimate of drug-likeness (QED) is 0.105. The Morgan fingerprint density at radius 2 is 1.11 bits per heavy atom. The molecule has 0 aliphatic carbocycles. The highest BCUT2D eigenvalue weighted by Gasteiger charge is 2.17. The second-order valence-corrected chi connectivity index (χ2v) is 9.42. The maximum Gasteiger partial charge on any atom is 0.123 e. The summed E-state index contributed by atoms with van der Waals surface area (Å²) >= 11 is 4.24. The van der Waals surface area contributed by atoms with E-state index in [1.807, 2.05) is 0 Å². The van der Waals surface area contributed by atoms with Gasteiger partial charge in [0.1, 0.15) is 5.44 Å². The summed E-state index contributed by atoms with van der Waals surface area (Å²) in [6.45, 7) is 7.65. The van der Waals surface area contributed by atoms with Crippen molar-refractivity contribution in [3.05, 3.63) is 0 Å². The summed E-state index contributed by atoms with van der Waals surface area (Å²) < 4.78 is 5.95. The summed E-state index contributed by atoms with van der Waals surface area (Å²) in [5.74, 6) is 0.719. The zero-order valence-corrected chi connectivity index (χ0v) is 20.4. The van der Waals surface area contributed by atoms with Crippen LogP contribution in [0.1, 0.15) is 136 Å². The largest absolute Gasteiger partial charge is 0.380 e. The average Bonchev–Trinajstić information content (AvgIpc) is 2.67. The lowest BCUT2D eigenvalue weighted by Gasteiger charge is -2.22. The Labute approximate surface area is 183 Å². The standard InChI is InChI=1S/C25H52O2S/c1-4-6-8-10-12-14-16-18-22-27-24(25(26)28)21-20-23(3)19-17-15-13-11-9-7-5-2/h23-26,28H,4-22H2,1-3H3. The number of aliphatic hydroxyl groups is 1. The van der Waals surface area contributed by atoms with Crippen LogP contribution in [0.5, 0.6) is 0 Å². The number of unbranched alkanes of at least 4 members (excludes halogenated alkanes) is 13. The third kappa shape index (κ3) is 19.6. The zero-order chi connectivity index (χ0) is 20.9. The van der Waals surface area contributed by atoms with E-state index in [0.29, 0.717) is 0 Å². The van der Waals surface area contributed by atoms with E-state index < -0.39 is 5.44 Å². The molecule has 3 unspecified atom stereocenters. The van der Waals surface area contributed by atoms with Crippen molar-refractivity contribution in [1.82, 2.24) is 0 Å². The van der Waals surface area contributed by atoms with E-state index in [1.165, 1.54) is 96.3 Å². The van der Waals surface area contributed by atoms with Crippen LogP contribution in [0.15, 0.2) is 0 Å². The Balaban J connectivity index is 3.62. The van der Waals surface area contributed by atoms with Gasteiger partial charge in [0.05, 0.1) is 6.10 Å². The van der Waals surface area contributed by atoms with Gasteiger partial charge in [-0.3, -0.25) is 0 Å². The van der Waals surface area contributed by atoms with Crippen molar-refractivity contribution in [2.75, 3.05) is 6.61 Å². The molecule has 3 atom stereocenters. The highest BCUT2D eigenvalue weighted by Crippen LogP contribution is 2.20. The van der Waals surface area contributed by atoms with Gasteiger partial charge >= 0.3 is 0 Å².